The number of aliphatic imine (C=N–C) groups is 1. The van der Waals surface area contributed by atoms with Crippen LogP contribution in [-0.2, 0) is 19.8 Å². The number of benzene rings is 1. The van der Waals surface area contributed by atoms with E-state index in [1.54, 1.807) is 27.7 Å². The van der Waals surface area contributed by atoms with Crippen molar-refractivity contribution in [3.8, 4) is 0 Å². The first-order valence-electron chi connectivity index (χ1n) is 14.6. The molecule has 0 saturated heterocycles. The van der Waals surface area contributed by atoms with E-state index >= 15 is 8.78 Å². The summed E-state index contributed by atoms with van der Waals surface area (Å²) >= 11 is 6.85. The van der Waals surface area contributed by atoms with Gasteiger partial charge in [0, 0.05) is 26.2 Å². The minimum absolute atomic E-state index is 0.0449. The van der Waals surface area contributed by atoms with Crippen LogP contribution in [-0.4, -0.2) is 63.8 Å². The van der Waals surface area contributed by atoms with Crippen LogP contribution in [0.1, 0.15) is 51.4 Å². The number of ether oxygens (including phenoxy) is 2. The fraction of sp³-hybridized carbons (Fsp3) is 0.516. The fourth-order valence-electron chi connectivity index (χ4n) is 5.52. The molecule has 1 aromatic heterocycles. The molecule has 2 N–H and O–H groups in total. The summed E-state index contributed by atoms with van der Waals surface area (Å²) in [6.07, 6.45) is 2.89. The zero-order valence-electron chi connectivity index (χ0n) is 26.8. The van der Waals surface area contributed by atoms with Crippen molar-refractivity contribution in [1.29, 1.82) is 0 Å². The second-order valence-corrected chi connectivity index (χ2v) is 21.0. The molecule has 1 aliphatic carbocycles. The highest BCUT2D eigenvalue weighted by Crippen LogP contribution is 2.70. The van der Waals surface area contributed by atoms with Gasteiger partial charge in [-0.1, -0.05) is 56.0 Å². The van der Waals surface area contributed by atoms with Crippen LogP contribution >= 0.6 is 23.4 Å². The lowest BCUT2D eigenvalue weighted by molar-refractivity contribution is -0.118. The number of hydrogen-bond acceptors (Lipinski definition) is 8. The molecule has 2 aromatic rings. The van der Waals surface area contributed by atoms with E-state index in [2.05, 4.69) is 29.6 Å². The molecular formula is C31H40ClF2N5O4SSi. The van der Waals surface area contributed by atoms with Crippen LogP contribution in [0, 0.1) is 17.7 Å². The molecule has 0 bridgehead atoms. The van der Waals surface area contributed by atoms with Crippen LogP contribution in [0.25, 0.3) is 11.9 Å². The molecule has 244 valence electrons. The van der Waals surface area contributed by atoms with E-state index < -0.39 is 53.5 Å². The highest BCUT2D eigenvalue weighted by atomic mass is 35.5. The van der Waals surface area contributed by atoms with Gasteiger partial charge in [-0.15, -0.1) is 0 Å². The maximum atomic E-state index is 15.7. The summed E-state index contributed by atoms with van der Waals surface area (Å²) in [7, 11) is -1.43. The number of fused-ring (bicyclic) bond motifs is 1. The molecule has 0 radical (unpaired) electrons. The van der Waals surface area contributed by atoms with Crippen molar-refractivity contribution in [3.63, 3.8) is 0 Å². The Labute approximate surface area is 273 Å². The summed E-state index contributed by atoms with van der Waals surface area (Å²) in [4.78, 5) is 40.6. The van der Waals surface area contributed by atoms with Crippen molar-refractivity contribution < 1.29 is 27.8 Å². The van der Waals surface area contributed by atoms with Crippen LogP contribution in [0.2, 0.25) is 30.8 Å². The minimum Gasteiger partial charge on any atom is -0.443 e. The van der Waals surface area contributed by atoms with Gasteiger partial charge in [-0.05, 0) is 63.4 Å². The maximum Gasteiger partial charge on any atom is 0.418 e. The molecule has 2 aliphatic rings. The van der Waals surface area contributed by atoms with E-state index in [-0.39, 0.29) is 34.2 Å². The molecule has 2 amide bonds. The third-order valence-corrected chi connectivity index (χ3v) is 11.4. The number of halogens is 3. The van der Waals surface area contributed by atoms with Gasteiger partial charge in [0.15, 0.2) is 11.0 Å². The van der Waals surface area contributed by atoms with Gasteiger partial charge in [0.1, 0.15) is 33.7 Å². The van der Waals surface area contributed by atoms with E-state index in [1.807, 2.05) is 6.92 Å². The van der Waals surface area contributed by atoms with Crippen molar-refractivity contribution in [2.75, 3.05) is 13.3 Å². The second-order valence-electron chi connectivity index (χ2n) is 13.8. The molecular weight excluding hydrogens is 640 g/mol. The van der Waals surface area contributed by atoms with Gasteiger partial charge in [0.2, 0.25) is 5.91 Å². The molecule has 1 aliphatic heterocycles. The molecule has 1 fully saturated rings. The number of carbonyl (C=O) groups is 2. The molecule has 45 heavy (non-hydrogen) atoms. The second kappa shape index (κ2) is 12.7. The smallest absolute Gasteiger partial charge is 0.418 e. The monoisotopic (exact) mass is 679 g/mol. The first-order chi connectivity index (χ1) is 20.8. The predicted molar refractivity (Wildman–Crippen MR) is 176 cm³/mol. The van der Waals surface area contributed by atoms with Gasteiger partial charge < -0.3 is 15.2 Å². The highest BCUT2D eigenvalue weighted by Gasteiger charge is 2.76. The molecule has 9 nitrogen and oxygen atoms in total. The summed E-state index contributed by atoms with van der Waals surface area (Å²) in [5.41, 5.74) is 4.20. The maximum absolute atomic E-state index is 15.7. The van der Waals surface area contributed by atoms with Gasteiger partial charge >= 0.3 is 6.09 Å². The molecule has 4 rings (SSSR count). The molecule has 0 unspecified atom stereocenters. The number of primary amides is 1. The average molecular weight is 680 g/mol. The number of nitrogens with zero attached hydrogens (tertiary/aromatic N) is 4. The van der Waals surface area contributed by atoms with Gasteiger partial charge in [-0.3, -0.25) is 9.79 Å². The third-order valence-electron chi connectivity index (χ3n) is 7.86. The number of carbonyl (C=O) groups excluding carboxylic acids is 2. The minimum atomic E-state index is -1.43. The SMILES string of the molecule is C[C@H]1[C@@H]2[C@@]1(C(N)=O)SC(N(COCC[Si](C)(C)C)C(=O)OC(C)(C)C)=N[C@]2(C)c1cc(/C=C(\F)c2cnc(Cl)cn2)ccc1F. The van der Waals surface area contributed by atoms with E-state index in [4.69, 9.17) is 31.8 Å². The number of hydrogen-bond donors (Lipinski definition) is 1. The topological polar surface area (TPSA) is 120 Å². The van der Waals surface area contributed by atoms with Crippen LogP contribution in [0.5, 0.6) is 0 Å². The summed E-state index contributed by atoms with van der Waals surface area (Å²) < 4.78 is 41.3. The summed E-state index contributed by atoms with van der Waals surface area (Å²) in [6, 6.07) is 4.98. The van der Waals surface area contributed by atoms with Crippen molar-refractivity contribution in [3.05, 3.63) is 58.4 Å². The van der Waals surface area contributed by atoms with E-state index in [0.717, 1.165) is 17.8 Å². The fourth-order valence-corrected chi connectivity index (χ4v) is 8.06. The molecule has 4 atom stereocenters. The largest absolute Gasteiger partial charge is 0.443 e. The molecule has 1 aromatic carbocycles. The third kappa shape index (κ3) is 7.58. The lowest BCUT2D eigenvalue weighted by Gasteiger charge is -2.37. The average Bonchev–Trinajstić information content (AvgIpc) is 3.54. The number of amidine groups is 1. The van der Waals surface area contributed by atoms with Crippen LogP contribution in [0.4, 0.5) is 13.6 Å². The first-order valence-corrected chi connectivity index (χ1v) is 19.5. The van der Waals surface area contributed by atoms with Gasteiger partial charge in [0.25, 0.3) is 0 Å². The number of nitrogens with two attached hydrogens (primary N) is 1. The normalized spacial score (nSPS) is 24.9. The molecule has 14 heteroatoms. The highest BCUT2D eigenvalue weighted by molar-refractivity contribution is 8.16. The van der Waals surface area contributed by atoms with Crippen molar-refractivity contribution in [2.24, 2.45) is 22.6 Å². The zero-order chi connectivity index (χ0) is 33.5. The van der Waals surface area contributed by atoms with E-state index in [1.165, 1.54) is 41.6 Å². The Bertz CT molecular complexity index is 1530. The predicted octanol–water partition coefficient (Wildman–Crippen LogP) is 7.09. The van der Waals surface area contributed by atoms with Gasteiger partial charge in [-0.2, -0.15) is 0 Å². The summed E-state index contributed by atoms with van der Waals surface area (Å²) in [5, 5.41) is 0.243. The molecule has 0 spiro atoms. The number of aromatic nitrogens is 2. The van der Waals surface area contributed by atoms with Gasteiger partial charge in [0.05, 0.1) is 17.9 Å². The quantitative estimate of drug-likeness (QED) is 0.171. The Hall–Kier alpha value is -2.87. The Morgan fingerprint density at radius 1 is 1.22 bits per heavy atom. The number of amides is 2. The molecule has 1 saturated carbocycles. The molecule has 2 heterocycles. The van der Waals surface area contributed by atoms with E-state index in [9.17, 15) is 9.59 Å². The van der Waals surface area contributed by atoms with Crippen molar-refractivity contribution >= 4 is 60.5 Å². The van der Waals surface area contributed by atoms with Crippen LogP contribution in [0.3, 0.4) is 0 Å². The summed E-state index contributed by atoms with van der Waals surface area (Å²) in [6.45, 7) is 15.6. The summed E-state index contributed by atoms with van der Waals surface area (Å²) in [5.74, 6) is -2.74. The van der Waals surface area contributed by atoms with Crippen LogP contribution in [0.15, 0.2) is 35.6 Å². The first kappa shape index (κ1) is 35.0. The Kier molecular flexibility index (Phi) is 9.90. The van der Waals surface area contributed by atoms with Gasteiger partial charge in [-0.25, -0.2) is 28.4 Å². The zero-order valence-corrected chi connectivity index (χ0v) is 29.4. The Morgan fingerprint density at radius 3 is 2.49 bits per heavy atom. The Morgan fingerprint density at radius 2 is 1.91 bits per heavy atom. The standard InChI is InChI=1S/C31H40ClF2N5O4SSi/c1-18-25-30(5,20-13-19(9-10-21(20)33)14-22(34)23-15-37-24(32)16-36-23)38-27(44-31(18,25)26(35)40)39(28(41)43-29(2,3)4)17-42-11-12-45(6,7)8/h9-10,13-16,18,25H,11-12,17H2,1-8H3,(H2,35,40)/b22-14-/t18-,25-,30+,31-/m0/s1. The van der Waals surface area contributed by atoms with Crippen LogP contribution < -0.4 is 5.73 Å². The lowest BCUT2D eigenvalue weighted by atomic mass is 9.84. The van der Waals surface area contributed by atoms with Crippen molar-refractivity contribution in [2.45, 2.75) is 76.2 Å². The van der Waals surface area contributed by atoms with E-state index in [0.29, 0.717) is 12.2 Å². The lowest BCUT2D eigenvalue weighted by Crippen LogP contribution is -2.48. The number of rotatable bonds is 9. The van der Waals surface area contributed by atoms with Crippen molar-refractivity contribution in [1.82, 2.24) is 14.9 Å². The Balaban J connectivity index is 1.79. The number of thioether (sulfide) groups is 1.